The summed E-state index contributed by atoms with van der Waals surface area (Å²) in [4.78, 5) is 24.8. The van der Waals surface area contributed by atoms with Gasteiger partial charge in [0.05, 0.1) is 6.42 Å². The summed E-state index contributed by atoms with van der Waals surface area (Å²) in [5, 5.41) is 9.74. The summed E-state index contributed by atoms with van der Waals surface area (Å²) >= 11 is 0. The third kappa shape index (κ3) is 3.24. The van der Waals surface area contributed by atoms with E-state index in [-0.39, 0.29) is 24.1 Å². The van der Waals surface area contributed by atoms with Crippen LogP contribution in [-0.2, 0) is 4.79 Å². The Kier molecular flexibility index (Phi) is 4.31. The predicted octanol–water partition coefficient (Wildman–Crippen LogP) is 3.07. The Bertz CT molecular complexity index is 674. The van der Waals surface area contributed by atoms with Crippen LogP contribution in [-0.4, -0.2) is 34.5 Å². The largest absolute Gasteiger partial charge is 0.481 e. The molecule has 0 radical (unpaired) electrons. The number of carbonyl (C=O) groups excluding carboxylic acids is 1. The van der Waals surface area contributed by atoms with Gasteiger partial charge in [0, 0.05) is 18.0 Å². The number of furan rings is 1. The molecule has 1 aromatic heterocycles. The summed E-state index contributed by atoms with van der Waals surface area (Å²) in [5.74, 6) is -0.955. The molecule has 1 amide bonds. The summed E-state index contributed by atoms with van der Waals surface area (Å²) < 4.78 is 5.58. The van der Waals surface area contributed by atoms with Crippen LogP contribution in [0.15, 0.2) is 28.7 Å². The third-order valence-electron chi connectivity index (χ3n) is 3.49. The molecule has 0 saturated carbocycles. The number of benzene rings is 1. The van der Waals surface area contributed by atoms with Gasteiger partial charge < -0.3 is 14.4 Å². The van der Waals surface area contributed by atoms with Crippen molar-refractivity contribution in [3.63, 3.8) is 0 Å². The average molecular weight is 289 g/mol. The molecule has 0 spiro atoms. The van der Waals surface area contributed by atoms with Gasteiger partial charge in [-0.25, -0.2) is 0 Å². The average Bonchev–Trinajstić information content (AvgIpc) is 2.81. The van der Waals surface area contributed by atoms with E-state index in [9.17, 15) is 9.59 Å². The first-order valence-corrected chi connectivity index (χ1v) is 6.95. The van der Waals surface area contributed by atoms with Crippen molar-refractivity contribution in [3.8, 4) is 0 Å². The normalized spacial score (nSPS) is 12.3. The van der Waals surface area contributed by atoms with Crippen LogP contribution in [0.1, 0.15) is 36.4 Å². The van der Waals surface area contributed by atoms with Crippen LogP contribution in [0.4, 0.5) is 0 Å². The first kappa shape index (κ1) is 15.1. The van der Waals surface area contributed by atoms with Crippen LogP contribution in [0.25, 0.3) is 11.0 Å². The molecular weight excluding hydrogens is 270 g/mol. The fraction of sp³-hybridized carbons (Fsp3) is 0.375. The first-order valence-electron chi connectivity index (χ1n) is 6.95. The lowest BCUT2D eigenvalue weighted by molar-refractivity contribution is -0.138. The monoisotopic (exact) mass is 289 g/mol. The molecule has 1 aromatic carbocycles. The van der Waals surface area contributed by atoms with E-state index in [4.69, 9.17) is 9.52 Å². The SMILES string of the molecule is CCN(C(=O)c1cc2cc(C)ccc2o1)C(C)CC(=O)O. The molecule has 2 rings (SSSR count). The van der Waals surface area contributed by atoms with Crippen LogP contribution in [0.5, 0.6) is 0 Å². The quantitative estimate of drug-likeness (QED) is 0.918. The summed E-state index contributed by atoms with van der Waals surface area (Å²) in [6.07, 6.45) is -0.0844. The number of aryl methyl sites for hydroxylation is 1. The molecule has 0 bridgehead atoms. The lowest BCUT2D eigenvalue weighted by Crippen LogP contribution is -2.39. The van der Waals surface area contributed by atoms with Crippen LogP contribution >= 0.6 is 0 Å². The van der Waals surface area contributed by atoms with E-state index in [1.807, 2.05) is 32.0 Å². The fourth-order valence-corrected chi connectivity index (χ4v) is 2.43. The van der Waals surface area contributed by atoms with Crippen molar-refractivity contribution >= 4 is 22.8 Å². The lowest BCUT2D eigenvalue weighted by Gasteiger charge is -2.25. The zero-order valence-electron chi connectivity index (χ0n) is 12.4. The van der Waals surface area contributed by atoms with Crippen LogP contribution in [0, 0.1) is 6.92 Å². The summed E-state index contributed by atoms with van der Waals surface area (Å²) in [7, 11) is 0. The van der Waals surface area contributed by atoms with E-state index in [0.717, 1.165) is 10.9 Å². The van der Waals surface area contributed by atoms with Crippen LogP contribution in [0.3, 0.4) is 0 Å². The minimum atomic E-state index is -0.922. The second-order valence-electron chi connectivity index (χ2n) is 5.19. The molecule has 5 heteroatoms. The highest BCUT2D eigenvalue weighted by Gasteiger charge is 2.24. The molecule has 1 unspecified atom stereocenters. The molecule has 21 heavy (non-hydrogen) atoms. The first-order chi connectivity index (χ1) is 9.92. The Morgan fingerprint density at radius 1 is 1.33 bits per heavy atom. The van der Waals surface area contributed by atoms with Crippen molar-refractivity contribution in [3.05, 3.63) is 35.6 Å². The van der Waals surface area contributed by atoms with Crippen molar-refractivity contribution < 1.29 is 19.1 Å². The molecule has 2 aromatic rings. The van der Waals surface area contributed by atoms with E-state index in [2.05, 4.69) is 0 Å². The number of carboxylic acid groups (broad SMARTS) is 1. The lowest BCUT2D eigenvalue weighted by atomic mass is 10.1. The topological polar surface area (TPSA) is 70.8 Å². The van der Waals surface area contributed by atoms with Gasteiger partial charge in [0.1, 0.15) is 5.58 Å². The molecule has 112 valence electrons. The summed E-state index contributed by atoms with van der Waals surface area (Å²) in [6, 6.07) is 7.03. The van der Waals surface area contributed by atoms with Crippen molar-refractivity contribution in [2.75, 3.05) is 6.54 Å². The summed E-state index contributed by atoms with van der Waals surface area (Å²) in [5.41, 5.74) is 1.75. The van der Waals surface area contributed by atoms with Crippen molar-refractivity contribution in [1.29, 1.82) is 0 Å². The van der Waals surface area contributed by atoms with Gasteiger partial charge in [-0.1, -0.05) is 11.6 Å². The van der Waals surface area contributed by atoms with Gasteiger partial charge >= 0.3 is 5.97 Å². The third-order valence-corrected chi connectivity index (χ3v) is 3.49. The highest BCUT2D eigenvalue weighted by atomic mass is 16.4. The smallest absolute Gasteiger partial charge is 0.305 e. The van der Waals surface area contributed by atoms with E-state index in [1.54, 1.807) is 13.0 Å². The summed E-state index contributed by atoms with van der Waals surface area (Å²) in [6.45, 7) is 5.95. The van der Waals surface area contributed by atoms with E-state index in [1.165, 1.54) is 4.90 Å². The molecule has 1 heterocycles. The Hall–Kier alpha value is -2.30. The van der Waals surface area contributed by atoms with Gasteiger partial charge in [-0.2, -0.15) is 0 Å². The maximum absolute atomic E-state index is 12.5. The van der Waals surface area contributed by atoms with Crippen molar-refractivity contribution in [1.82, 2.24) is 4.90 Å². The number of rotatable bonds is 5. The Balaban J connectivity index is 2.28. The molecular formula is C16H19NO4. The molecule has 0 aliphatic rings. The zero-order chi connectivity index (χ0) is 15.6. The van der Waals surface area contributed by atoms with Gasteiger partial charge in [0.2, 0.25) is 0 Å². The van der Waals surface area contributed by atoms with Crippen LogP contribution < -0.4 is 0 Å². The number of carbonyl (C=O) groups is 2. The highest BCUT2D eigenvalue weighted by Crippen LogP contribution is 2.22. The number of nitrogens with zero attached hydrogens (tertiary/aromatic N) is 1. The number of carboxylic acids is 1. The molecule has 0 saturated heterocycles. The van der Waals surface area contributed by atoms with Gasteiger partial charge in [0.15, 0.2) is 5.76 Å². The Labute approximate surface area is 123 Å². The number of hydrogen-bond acceptors (Lipinski definition) is 3. The molecule has 0 aliphatic heterocycles. The van der Waals surface area contributed by atoms with E-state index < -0.39 is 5.97 Å². The van der Waals surface area contributed by atoms with Gasteiger partial charge in [0.25, 0.3) is 5.91 Å². The second kappa shape index (κ2) is 5.99. The molecule has 0 aliphatic carbocycles. The number of amides is 1. The maximum atomic E-state index is 12.5. The number of aliphatic carboxylic acids is 1. The van der Waals surface area contributed by atoms with Crippen molar-refractivity contribution in [2.45, 2.75) is 33.2 Å². The highest BCUT2D eigenvalue weighted by molar-refractivity contribution is 5.96. The second-order valence-corrected chi connectivity index (χ2v) is 5.19. The van der Waals surface area contributed by atoms with Crippen LogP contribution in [0.2, 0.25) is 0 Å². The predicted molar refractivity (Wildman–Crippen MR) is 79.4 cm³/mol. The van der Waals surface area contributed by atoms with Gasteiger partial charge in [-0.05, 0) is 39.0 Å². The van der Waals surface area contributed by atoms with Crippen molar-refractivity contribution in [2.24, 2.45) is 0 Å². The number of fused-ring (bicyclic) bond motifs is 1. The van der Waals surface area contributed by atoms with E-state index in [0.29, 0.717) is 12.1 Å². The Morgan fingerprint density at radius 3 is 2.67 bits per heavy atom. The molecule has 1 N–H and O–H groups in total. The maximum Gasteiger partial charge on any atom is 0.305 e. The number of hydrogen-bond donors (Lipinski definition) is 1. The van der Waals surface area contributed by atoms with Gasteiger partial charge in [-0.15, -0.1) is 0 Å². The standard InChI is InChI=1S/C16H19NO4/c1-4-17(11(3)8-15(18)19)16(20)14-9-12-7-10(2)5-6-13(12)21-14/h5-7,9,11H,4,8H2,1-3H3,(H,18,19). The minimum absolute atomic E-state index is 0.0844. The van der Waals surface area contributed by atoms with E-state index >= 15 is 0 Å². The zero-order valence-corrected chi connectivity index (χ0v) is 12.4. The molecule has 0 fully saturated rings. The van der Waals surface area contributed by atoms with Gasteiger partial charge in [-0.3, -0.25) is 9.59 Å². The Morgan fingerprint density at radius 2 is 2.05 bits per heavy atom. The molecule has 5 nitrogen and oxygen atoms in total. The minimum Gasteiger partial charge on any atom is -0.481 e. The fourth-order valence-electron chi connectivity index (χ4n) is 2.43. The molecule has 1 atom stereocenters.